The van der Waals surface area contributed by atoms with Crippen LogP contribution in [0.3, 0.4) is 0 Å². The van der Waals surface area contributed by atoms with Gasteiger partial charge in [-0.25, -0.2) is 18.4 Å². The summed E-state index contributed by atoms with van der Waals surface area (Å²) in [6, 6.07) is 0. The molecule has 1 N–H and O–H groups in total. The van der Waals surface area contributed by atoms with E-state index in [2.05, 4.69) is 34.9 Å². The molecule has 4 rings (SSSR count). The fourth-order valence-electron chi connectivity index (χ4n) is 3.71. The molecule has 1 aliphatic carbocycles. The highest BCUT2D eigenvalue weighted by Gasteiger charge is 2.36. The molecule has 3 heterocycles. The van der Waals surface area contributed by atoms with Crippen molar-refractivity contribution in [3.05, 3.63) is 35.4 Å². The summed E-state index contributed by atoms with van der Waals surface area (Å²) < 4.78 is 47.2. The normalized spacial score (nSPS) is 15.8. The van der Waals surface area contributed by atoms with E-state index in [1.54, 1.807) is 0 Å². The molecule has 188 valence electrons. The summed E-state index contributed by atoms with van der Waals surface area (Å²) >= 11 is 5.86. The van der Waals surface area contributed by atoms with E-state index in [1.807, 2.05) is 0 Å². The first-order chi connectivity index (χ1) is 16.8. The Hall–Kier alpha value is -3.10. The van der Waals surface area contributed by atoms with Gasteiger partial charge in [0.15, 0.2) is 11.5 Å². The van der Waals surface area contributed by atoms with Gasteiger partial charge in [-0.3, -0.25) is 9.29 Å². The molecule has 1 aliphatic rings. The zero-order chi connectivity index (χ0) is 25.2. The van der Waals surface area contributed by atoms with Gasteiger partial charge in [-0.05, 0) is 19.8 Å². The highest BCUT2D eigenvalue weighted by Crippen LogP contribution is 2.40. The SMILES string of the molecule is COc1ncnc(OC)c1-n1c(NS(=O)(=O)C(C)C(OC)c2ncc(Cl)cn2)nnc1C1CCC1. The second-order valence-electron chi connectivity index (χ2n) is 7.85. The van der Waals surface area contributed by atoms with Crippen LogP contribution < -0.4 is 14.2 Å². The molecular formula is C20H25ClN8O5S. The smallest absolute Gasteiger partial charge is 0.245 e. The third kappa shape index (κ3) is 4.86. The fraction of sp³-hybridized carbons (Fsp3) is 0.500. The highest BCUT2D eigenvalue weighted by atomic mass is 35.5. The number of hydrogen-bond donors (Lipinski definition) is 1. The molecule has 0 bridgehead atoms. The lowest BCUT2D eigenvalue weighted by atomic mass is 9.85. The minimum Gasteiger partial charge on any atom is -0.479 e. The molecular weight excluding hydrogens is 500 g/mol. The van der Waals surface area contributed by atoms with Crippen LogP contribution >= 0.6 is 11.6 Å². The lowest BCUT2D eigenvalue weighted by molar-refractivity contribution is 0.0950. The average molecular weight is 525 g/mol. The van der Waals surface area contributed by atoms with Crippen LogP contribution in [0.2, 0.25) is 5.02 Å². The summed E-state index contributed by atoms with van der Waals surface area (Å²) in [6.45, 7) is 1.48. The van der Waals surface area contributed by atoms with E-state index in [4.69, 9.17) is 25.8 Å². The molecule has 0 amide bonds. The molecule has 2 atom stereocenters. The van der Waals surface area contributed by atoms with Crippen molar-refractivity contribution >= 4 is 27.6 Å². The van der Waals surface area contributed by atoms with Crippen molar-refractivity contribution in [2.24, 2.45) is 0 Å². The summed E-state index contributed by atoms with van der Waals surface area (Å²) in [5.41, 5.74) is 0.291. The lowest BCUT2D eigenvalue weighted by Gasteiger charge is -2.26. The molecule has 0 aliphatic heterocycles. The second kappa shape index (κ2) is 10.3. The Morgan fingerprint density at radius 3 is 2.20 bits per heavy atom. The first kappa shape index (κ1) is 25.0. The first-order valence-electron chi connectivity index (χ1n) is 10.7. The number of nitrogens with one attached hydrogen (secondary N) is 1. The van der Waals surface area contributed by atoms with Gasteiger partial charge in [-0.2, -0.15) is 9.97 Å². The Balaban J connectivity index is 1.76. The Morgan fingerprint density at radius 2 is 1.69 bits per heavy atom. The Kier molecular flexibility index (Phi) is 7.33. The summed E-state index contributed by atoms with van der Waals surface area (Å²) in [7, 11) is 0.179. The predicted molar refractivity (Wildman–Crippen MR) is 125 cm³/mol. The molecule has 13 nitrogen and oxygen atoms in total. The van der Waals surface area contributed by atoms with Crippen LogP contribution in [0, 0.1) is 0 Å². The summed E-state index contributed by atoms with van der Waals surface area (Å²) in [4.78, 5) is 16.5. The van der Waals surface area contributed by atoms with Crippen molar-refractivity contribution in [2.45, 2.75) is 43.5 Å². The zero-order valence-electron chi connectivity index (χ0n) is 19.5. The monoisotopic (exact) mass is 524 g/mol. The number of aromatic nitrogens is 7. The number of sulfonamides is 1. The maximum atomic E-state index is 13.4. The lowest BCUT2D eigenvalue weighted by Crippen LogP contribution is -2.33. The molecule has 1 fully saturated rings. The van der Waals surface area contributed by atoms with Crippen LogP contribution in [-0.4, -0.2) is 69.7 Å². The first-order valence-corrected chi connectivity index (χ1v) is 12.6. The minimum atomic E-state index is -4.09. The number of nitrogens with zero attached hydrogens (tertiary/aromatic N) is 7. The van der Waals surface area contributed by atoms with Gasteiger partial charge in [0.2, 0.25) is 27.7 Å². The van der Waals surface area contributed by atoms with Gasteiger partial charge < -0.3 is 14.2 Å². The van der Waals surface area contributed by atoms with E-state index in [1.165, 1.54) is 51.5 Å². The topological polar surface area (TPSA) is 156 Å². The third-order valence-corrected chi connectivity index (χ3v) is 7.71. The molecule has 1 saturated carbocycles. The standard InChI is InChI=1S/C20H25ClN8O5S/c1-11(15(32-2)16-22-8-13(21)9-23-16)35(30,31)28-20-27-26-17(12-6-5-7-12)29(20)14-18(33-3)24-10-25-19(14)34-4/h8-12,15H,5-7H2,1-4H3,(H,27,28). The molecule has 0 saturated heterocycles. The number of rotatable bonds is 10. The van der Waals surface area contributed by atoms with E-state index in [-0.39, 0.29) is 29.5 Å². The van der Waals surface area contributed by atoms with Crippen LogP contribution in [0.15, 0.2) is 18.7 Å². The number of hydrogen-bond acceptors (Lipinski definition) is 11. The van der Waals surface area contributed by atoms with Gasteiger partial charge in [0.05, 0.1) is 19.2 Å². The summed E-state index contributed by atoms with van der Waals surface area (Å²) in [5.74, 6) is 1.10. The van der Waals surface area contributed by atoms with Crippen molar-refractivity contribution in [1.82, 2.24) is 34.7 Å². The van der Waals surface area contributed by atoms with Crippen molar-refractivity contribution < 1.29 is 22.6 Å². The second-order valence-corrected chi connectivity index (χ2v) is 10.3. The number of anilines is 1. The molecule has 0 spiro atoms. The van der Waals surface area contributed by atoms with Gasteiger partial charge >= 0.3 is 0 Å². The van der Waals surface area contributed by atoms with Crippen molar-refractivity contribution in [3.8, 4) is 17.4 Å². The van der Waals surface area contributed by atoms with Crippen LogP contribution in [0.1, 0.15) is 49.9 Å². The van der Waals surface area contributed by atoms with E-state index in [9.17, 15) is 8.42 Å². The number of methoxy groups -OCH3 is 3. The van der Waals surface area contributed by atoms with Gasteiger partial charge in [-0.15, -0.1) is 10.2 Å². The van der Waals surface area contributed by atoms with Crippen LogP contribution in [0.5, 0.6) is 11.8 Å². The molecule has 15 heteroatoms. The van der Waals surface area contributed by atoms with E-state index in [0.29, 0.717) is 16.5 Å². The fourth-order valence-corrected chi connectivity index (χ4v) is 4.94. The van der Waals surface area contributed by atoms with E-state index in [0.717, 1.165) is 19.3 Å². The average Bonchev–Trinajstić information content (AvgIpc) is 3.20. The molecule has 2 unspecified atom stereocenters. The van der Waals surface area contributed by atoms with E-state index < -0.39 is 21.4 Å². The number of halogens is 1. The maximum absolute atomic E-state index is 13.4. The minimum absolute atomic E-state index is 0.0583. The van der Waals surface area contributed by atoms with Crippen LogP contribution in [0.4, 0.5) is 5.95 Å². The zero-order valence-corrected chi connectivity index (χ0v) is 21.1. The predicted octanol–water partition coefficient (Wildman–Crippen LogP) is 2.30. The van der Waals surface area contributed by atoms with Crippen molar-refractivity contribution in [2.75, 3.05) is 26.1 Å². The van der Waals surface area contributed by atoms with E-state index >= 15 is 0 Å². The Labute approximate surface area is 207 Å². The number of ether oxygens (including phenoxy) is 3. The molecule has 3 aromatic heterocycles. The van der Waals surface area contributed by atoms with Gasteiger partial charge in [0.25, 0.3) is 0 Å². The third-order valence-electron chi connectivity index (χ3n) is 5.82. The van der Waals surface area contributed by atoms with Gasteiger partial charge in [0, 0.05) is 25.4 Å². The van der Waals surface area contributed by atoms with Crippen LogP contribution in [-0.2, 0) is 14.8 Å². The van der Waals surface area contributed by atoms with Gasteiger partial charge in [-0.1, -0.05) is 18.0 Å². The summed E-state index contributed by atoms with van der Waals surface area (Å²) in [6.07, 6.45) is 5.87. The van der Waals surface area contributed by atoms with Crippen LogP contribution in [0.25, 0.3) is 5.69 Å². The highest BCUT2D eigenvalue weighted by molar-refractivity contribution is 7.93. The van der Waals surface area contributed by atoms with Crippen molar-refractivity contribution in [3.63, 3.8) is 0 Å². The molecule has 3 aromatic rings. The quantitative estimate of drug-likeness (QED) is 0.415. The Bertz CT molecular complexity index is 1260. The molecule has 0 aromatic carbocycles. The Morgan fingerprint density at radius 1 is 1.06 bits per heavy atom. The molecule has 35 heavy (non-hydrogen) atoms. The summed E-state index contributed by atoms with van der Waals surface area (Å²) in [5, 5.41) is 7.65. The largest absolute Gasteiger partial charge is 0.479 e. The molecule has 0 radical (unpaired) electrons. The maximum Gasteiger partial charge on any atom is 0.245 e. The van der Waals surface area contributed by atoms with Crippen molar-refractivity contribution in [1.29, 1.82) is 0 Å². The van der Waals surface area contributed by atoms with Gasteiger partial charge in [0.1, 0.15) is 23.5 Å².